The highest BCUT2D eigenvalue weighted by atomic mass is 16.4. The molecule has 2 rings (SSSR count). The SMILES string of the molecule is O=C(O)C1(C2CCCCC2)CCC(O)CC1. The molecular formula is C13H22O3. The molecule has 0 aromatic heterocycles. The third-order valence-corrected chi connectivity index (χ3v) is 4.66. The molecule has 0 aromatic rings. The largest absolute Gasteiger partial charge is 0.481 e. The van der Waals surface area contributed by atoms with Crippen LogP contribution in [0, 0.1) is 11.3 Å². The first-order valence-electron chi connectivity index (χ1n) is 6.56. The van der Waals surface area contributed by atoms with E-state index < -0.39 is 11.4 Å². The molecule has 0 unspecified atom stereocenters. The van der Waals surface area contributed by atoms with E-state index >= 15 is 0 Å². The van der Waals surface area contributed by atoms with Crippen molar-refractivity contribution in [1.29, 1.82) is 0 Å². The normalized spacial score (nSPS) is 37.2. The summed E-state index contributed by atoms with van der Waals surface area (Å²) in [5.41, 5.74) is -0.514. The second-order valence-corrected chi connectivity index (χ2v) is 5.53. The van der Waals surface area contributed by atoms with Gasteiger partial charge in [-0.1, -0.05) is 19.3 Å². The minimum Gasteiger partial charge on any atom is -0.481 e. The fourth-order valence-corrected chi connectivity index (χ4v) is 3.57. The van der Waals surface area contributed by atoms with Gasteiger partial charge in [0.05, 0.1) is 11.5 Å². The van der Waals surface area contributed by atoms with Crippen LogP contribution in [0.4, 0.5) is 0 Å². The maximum atomic E-state index is 11.6. The Kier molecular flexibility index (Phi) is 3.53. The van der Waals surface area contributed by atoms with Crippen molar-refractivity contribution in [3.63, 3.8) is 0 Å². The summed E-state index contributed by atoms with van der Waals surface area (Å²) in [7, 11) is 0. The second kappa shape index (κ2) is 4.74. The number of aliphatic hydroxyl groups is 1. The van der Waals surface area contributed by atoms with Gasteiger partial charge in [0.1, 0.15) is 0 Å². The molecule has 0 aliphatic heterocycles. The molecule has 0 bridgehead atoms. The maximum absolute atomic E-state index is 11.6. The van der Waals surface area contributed by atoms with Crippen LogP contribution < -0.4 is 0 Å². The minimum atomic E-state index is -0.619. The molecule has 92 valence electrons. The van der Waals surface area contributed by atoms with Crippen LogP contribution in [-0.4, -0.2) is 22.3 Å². The summed E-state index contributed by atoms with van der Waals surface area (Å²) in [6, 6.07) is 0. The van der Waals surface area contributed by atoms with Crippen molar-refractivity contribution in [3.05, 3.63) is 0 Å². The topological polar surface area (TPSA) is 57.5 Å². The average Bonchev–Trinajstić information content (AvgIpc) is 2.31. The van der Waals surface area contributed by atoms with Gasteiger partial charge in [-0.15, -0.1) is 0 Å². The smallest absolute Gasteiger partial charge is 0.309 e. The van der Waals surface area contributed by atoms with E-state index in [1.807, 2.05) is 0 Å². The van der Waals surface area contributed by atoms with Crippen molar-refractivity contribution in [2.75, 3.05) is 0 Å². The third-order valence-electron chi connectivity index (χ3n) is 4.66. The molecule has 0 saturated heterocycles. The van der Waals surface area contributed by atoms with Crippen LogP contribution in [0.2, 0.25) is 0 Å². The van der Waals surface area contributed by atoms with Gasteiger partial charge < -0.3 is 10.2 Å². The molecule has 0 heterocycles. The third kappa shape index (κ3) is 2.10. The van der Waals surface area contributed by atoms with Crippen molar-refractivity contribution >= 4 is 5.97 Å². The number of carboxylic acid groups (broad SMARTS) is 1. The number of aliphatic carboxylic acids is 1. The number of aliphatic hydroxyl groups excluding tert-OH is 1. The lowest BCUT2D eigenvalue weighted by Gasteiger charge is -2.43. The lowest BCUT2D eigenvalue weighted by molar-refractivity contribution is -0.158. The molecule has 2 N–H and O–H groups in total. The molecule has 3 heteroatoms. The highest BCUT2D eigenvalue weighted by Gasteiger charge is 2.47. The summed E-state index contributed by atoms with van der Waals surface area (Å²) >= 11 is 0. The lowest BCUT2D eigenvalue weighted by Crippen LogP contribution is -2.43. The zero-order valence-corrected chi connectivity index (χ0v) is 9.82. The first-order chi connectivity index (χ1) is 7.65. The minimum absolute atomic E-state index is 0.268. The van der Waals surface area contributed by atoms with Crippen LogP contribution in [0.5, 0.6) is 0 Å². The van der Waals surface area contributed by atoms with Crippen molar-refractivity contribution in [1.82, 2.24) is 0 Å². The standard InChI is InChI=1S/C13H22O3/c14-11-6-8-13(9-7-11,12(15)16)10-4-2-1-3-5-10/h10-11,14H,1-9H2,(H,15,16). The van der Waals surface area contributed by atoms with Gasteiger partial charge in [-0.05, 0) is 44.4 Å². The predicted octanol–water partition coefficient (Wildman–Crippen LogP) is 2.57. The van der Waals surface area contributed by atoms with Crippen LogP contribution in [0.15, 0.2) is 0 Å². The second-order valence-electron chi connectivity index (χ2n) is 5.53. The molecule has 2 saturated carbocycles. The molecule has 3 nitrogen and oxygen atoms in total. The van der Waals surface area contributed by atoms with Crippen LogP contribution in [0.1, 0.15) is 57.8 Å². The van der Waals surface area contributed by atoms with Gasteiger partial charge in [-0.2, -0.15) is 0 Å². The van der Waals surface area contributed by atoms with E-state index in [1.54, 1.807) is 0 Å². The Bertz CT molecular complexity index is 248. The van der Waals surface area contributed by atoms with Gasteiger partial charge in [0.25, 0.3) is 0 Å². The van der Waals surface area contributed by atoms with Crippen molar-refractivity contribution in [2.45, 2.75) is 63.9 Å². The van der Waals surface area contributed by atoms with Gasteiger partial charge in [0.2, 0.25) is 0 Å². The van der Waals surface area contributed by atoms with Crippen molar-refractivity contribution in [3.8, 4) is 0 Å². The molecule has 0 radical (unpaired) electrons. The lowest BCUT2D eigenvalue weighted by atomic mass is 9.61. The molecular weight excluding hydrogens is 204 g/mol. The fourth-order valence-electron chi connectivity index (χ4n) is 3.57. The number of carboxylic acids is 1. The Hall–Kier alpha value is -0.570. The Morgan fingerprint density at radius 1 is 1.00 bits per heavy atom. The van der Waals surface area contributed by atoms with E-state index in [0.29, 0.717) is 31.6 Å². The molecule has 16 heavy (non-hydrogen) atoms. The number of hydrogen-bond acceptors (Lipinski definition) is 2. The van der Waals surface area contributed by atoms with Crippen LogP contribution in [0.25, 0.3) is 0 Å². The summed E-state index contributed by atoms with van der Waals surface area (Å²) in [5, 5.41) is 19.1. The van der Waals surface area contributed by atoms with E-state index in [9.17, 15) is 15.0 Å². The van der Waals surface area contributed by atoms with Crippen LogP contribution in [-0.2, 0) is 4.79 Å². The first kappa shape index (κ1) is 11.9. The van der Waals surface area contributed by atoms with Gasteiger partial charge >= 0.3 is 5.97 Å². The molecule has 2 fully saturated rings. The monoisotopic (exact) mass is 226 g/mol. The van der Waals surface area contributed by atoms with E-state index in [2.05, 4.69) is 0 Å². The zero-order chi connectivity index (χ0) is 11.6. The fraction of sp³-hybridized carbons (Fsp3) is 0.923. The Labute approximate surface area is 96.9 Å². The van der Waals surface area contributed by atoms with E-state index in [0.717, 1.165) is 12.8 Å². The summed E-state index contributed by atoms with van der Waals surface area (Å²) < 4.78 is 0. The highest BCUT2D eigenvalue weighted by Crippen LogP contribution is 2.48. The number of rotatable bonds is 2. The Morgan fingerprint density at radius 2 is 1.56 bits per heavy atom. The average molecular weight is 226 g/mol. The Balaban J connectivity index is 2.11. The maximum Gasteiger partial charge on any atom is 0.309 e. The molecule has 2 aliphatic rings. The summed E-state index contributed by atoms with van der Waals surface area (Å²) in [5.74, 6) is -0.266. The molecule has 0 amide bonds. The van der Waals surface area contributed by atoms with E-state index in [4.69, 9.17) is 0 Å². The quantitative estimate of drug-likeness (QED) is 0.760. The highest BCUT2D eigenvalue weighted by molar-refractivity contribution is 5.75. The molecule has 0 spiro atoms. The van der Waals surface area contributed by atoms with Crippen molar-refractivity contribution in [2.24, 2.45) is 11.3 Å². The predicted molar refractivity (Wildman–Crippen MR) is 61.1 cm³/mol. The Morgan fingerprint density at radius 3 is 2.06 bits per heavy atom. The number of carbonyl (C=O) groups is 1. The van der Waals surface area contributed by atoms with Gasteiger partial charge in [0, 0.05) is 0 Å². The molecule has 2 aliphatic carbocycles. The van der Waals surface area contributed by atoms with Gasteiger partial charge in [-0.25, -0.2) is 0 Å². The zero-order valence-electron chi connectivity index (χ0n) is 9.82. The van der Waals surface area contributed by atoms with Gasteiger partial charge in [0.15, 0.2) is 0 Å². The first-order valence-corrected chi connectivity index (χ1v) is 6.56. The van der Waals surface area contributed by atoms with Gasteiger partial charge in [-0.3, -0.25) is 4.79 Å². The van der Waals surface area contributed by atoms with E-state index in [-0.39, 0.29) is 6.10 Å². The van der Waals surface area contributed by atoms with E-state index in [1.165, 1.54) is 19.3 Å². The van der Waals surface area contributed by atoms with Crippen molar-refractivity contribution < 1.29 is 15.0 Å². The molecule has 0 aromatic carbocycles. The summed E-state index contributed by atoms with van der Waals surface area (Å²) in [6.07, 6.45) is 8.19. The number of hydrogen-bond donors (Lipinski definition) is 2. The summed E-state index contributed by atoms with van der Waals surface area (Å²) in [4.78, 5) is 11.6. The molecule has 0 atom stereocenters. The van der Waals surface area contributed by atoms with Crippen LogP contribution >= 0.6 is 0 Å². The van der Waals surface area contributed by atoms with Crippen LogP contribution in [0.3, 0.4) is 0 Å². The summed E-state index contributed by atoms with van der Waals surface area (Å²) in [6.45, 7) is 0.